The van der Waals surface area contributed by atoms with Crippen LogP contribution < -0.4 is 0 Å². The van der Waals surface area contributed by atoms with Gasteiger partial charge < -0.3 is 5.11 Å². The third-order valence-electron chi connectivity index (χ3n) is 2.80. The lowest BCUT2D eigenvalue weighted by molar-refractivity contribution is 0.458. The molecule has 0 bridgehead atoms. The van der Waals surface area contributed by atoms with Crippen LogP contribution in [0.1, 0.15) is 26.3 Å². The molecule has 0 aliphatic rings. The quantitative estimate of drug-likeness (QED) is 0.831. The van der Waals surface area contributed by atoms with E-state index in [1.807, 2.05) is 42.5 Å². The van der Waals surface area contributed by atoms with Crippen LogP contribution in [0.25, 0.3) is 0 Å². The summed E-state index contributed by atoms with van der Waals surface area (Å²) < 4.78 is 0. The molecule has 0 aliphatic heterocycles. The van der Waals surface area contributed by atoms with Gasteiger partial charge in [-0.25, -0.2) is 0 Å². The van der Waals surface area contributed by atoms with Crippen molar-refractivity contribution in [1.82, 2.24) is 0 Å². The fourth-order valence-corrected chi connectivity index (χ4v) is 2.53. The summed E-state index contributed by atoms with van der Waals surface area (Å²) in [5, 5.41) is 10.1. The van der Waals surface area contributed by atoms with Crippen LogP contribution in [0, 0.1) is 0 Å². The van der Waals surface area contributed by atoms with E-state index in [9.17, 15) is 5.11 Å². The predicted molar refractivity (Wildman–Crippen MR) is 77.4 cm³/mol. The molecule has 2 rings (SSSR count). The first-order valence-corrected chi connectivity index (χ1v) is 6.85. The molecule has 0 spiro atoms. The van der Waals surface area contributed by atoms with E-state index in [2.05, 4.69) is 26.8 Å². The molecule has 0 radical (unpaired) electrons. The molecule has 0 fully saturated rings. The van der Waals surface area contributed by atoms with Gasteiger partial charge in [0.2, 0.25) is 0 Å². The molecule has 0 aromatic heterocycles. The van der Waals surface area contributed by atoms with Gasteiger partial charge in [-0.3, -0.25) is 0 Å². The summed E-state index contributed by atoms with van der Waals surface area (Å²) in [6.07, 6.45) is 0. The minimum atomic E-state index is 0.0629. The fourth-order valence-electron chi connectivity index (χ4n) is 1.69. The highest BCUT2D eigenvalue weighted by Crippen LogP contribution is 2.36. The molecule has 0 saturated heterocycles. The molecule has 2 heteroatoms. The molecule has 18 heavy (non-hydrogen) atoms. The second-order valence-electron chi connectivity index (χ2n) is 5.35. The van der Waals surface area contributed by atoms with Crippen LogP contribution in [-0.2, 0) is 5.41 Å². The Labute approximate surface area is 113 Å². The van der Waals surface area contributed by atoms with E-state index < -0.39 is 0 Å². The smallest absolute Gasteiger partial charge is 0.129 e. The summed E-state index contributed by atoms with van der Waals surface area (Å²) in [6.45, 7) is 6.43. The number of rotatable bonds is 2. The summed E-state index contributed by atoms with van der Waals surface area (Å²) in [6, 6.07) is 16.0. The lowest BCUT2D eigenvalue weighted by Crippen LogP contribution is -2.10. The van der Waals surface area contributed by atoms with E-state index in [0.29, 0.717) is 5.75 Å². The van der Waals surface area contributed by atoms with Crippen LogP contribution in [0.2, 0.25) is 0 Å². The van der Waals surface area contributed by atoms with Gasteiger partial charge in [-0.1, -0.05) is 56.8 Å². The zero-order valence-electron chi connectivity index (χ0n) is 11.0. The maximum atomic E-state index is 10.1. The number of phenols is 1. The Balaban J connectivity index is 2.26. The summed E-state index contributed by atoms with van der Waals surface area (Å²) >= 11 is 1.58. The van der Waals surface area contributed by atoms with Gasteiger partial charge in [-0.2, -0.15) is 0 Å². The minimum Gasteiger partial charge on any atom is -0.507 e. The van der Waals surface area contributed by atoms with Crippen LogP contribution in [-0.4, -0.2) is 5.11 Å². The first kappa shape index (κ1) is 13.0. The minimum absolute atomic E-state index is 0.0629. The average molecular weight is 258 g/mol. The van der Waals surface area contributed by atoms with Gasteiger partial charge in [0.05, 0.1) is 4.90 Å². The second-order valence-corrected chi connectivity index (χ2v) is 6.46. The van der Waals surface area contributed by atoms with Crippen LogP contribution in [0.4, 0.5) is 0 Å². The molecule has 0 aliphatic carbocycles. The van der Waals surface area contributed by atoms with Gasteiger partial charge >= 0.3 is 0 Å². The maximum absolute atomic E-state index is 10.1. The van der Waals surface area contributed by atoms with Crippen molar-refractivity contribution >= 4 is 11.8 Å². The summed E-state index contributed by atoms with van der Waals surface area (Å²) in [5.74, 6) is 0.358. The molecule has 0 saturated carbocycles. The van der Waals surface area contributed by atoms with E-state index in [1.165, 1.54) is 0 Å². The van der Waals surface area contributed by atoms with Gasteiger partial charge in [0.15, 0.2) is 0 Å². The Morgan fingerprint density at radius 1 is 0.944 bits per heavy atom. The van der Waals surface area contributed by atoms with Gasteiger partial charge in [-0.15, -0.1) is 0 Å². The molecule has 94 valence electrons. The molecule has 0 atom stereocenters. The van der Waals surface area contributed by atoms with Crippen molar-refractivity contribution < 1.29 is 5.11 Å². The topological polar surface area (TPSA) is 20.2 Å². The molecular weight excluding hydrogens is 240 g/mol. The van der Waals surface area contributed by atoms with Gasteiger partial charge in [0.25, 0.3) is 0 Å². The van der Waals surface area contributed by atoms with E-state index in [1.54, 1.807) is 11.8 Å². The predicted octanol–water partition coefficient (Wildman–Crippen LogP) is 4.84. The zero-order valence-corrected chi connectivity index (χ0v) is 11.8. The van der Waals surface area contributed by atoms with E-state index in [4.69, 9.17) is 0 Å². The standard InChI is InChI=1S/C16H18OS/c1-16(2,3)12-9-10-15(14(17)11-12)18-13-7-5-4-6-8-13/h4-11,17H,1-3H3. The zero-order chi connectivity index (χ0) is 13.2. The number of aromatic hydroxyl groups is 1. The Hall–Kier alpha value is -1.41. The summed E-state index contributed by atoms with van der Waals surface area (Å²) in [4.78, 5) is 2.03. The normalized spacial score (nSPS) is 11.5. The van der Waals surface area contributed by atoms with Crippen LogP contribution >= 0.6 is 11.8 Å². The van der Waals surface area contributed by atoms with Crippen molar-refractivity contribution in [3.05, 3.63) is 54.1 Å². The highest BCUT2D eigenvalue weighted by Gasteiger charge is 2.15. The Morgan fingerprint density at radius 3 is 2.17 bits per heavy atom. The first-order chi connectivity index (χ1) is 8.47. The van der Waals surface area contributed by atoms with Gasteiger partial charge in [-0.05, 0) is 35.2 Å². The van der Waals surface area contributed by atoms with Crippen molar-refractivity contribution in [2.45, 2.75) is 36.0 Å². The number of benzene rings is 2. The Morgan fingerprint density at radius 2 is 1.61 bits per heavy atom. The van der Waals surface area contributed by atoms with Crippen LogP contribution in [0.3, 0.4) is 0 Å². The fraction of sp³-hybridized carbons (Fsp3) is 0.250. The molecule has 0 unspecified atom stereocenters. The van der Waals surface area contributed by atoms with Crippen LogP contribution in [0.5, 0.6) is 5.75 Å². The van der Waals surface area contributed by atoms with Crippen molar-refractivity contribution in [3.63, 3.8) is 0 Å². The molecule has 0 heterocycles. The van der Waals surface area contributed by atoms with E-state index >= 15 is 0 Å². The van der Waals surface area contributed by atoms with Crippen molar-refractivity contribution in [3.8, 4) is 5.75 Å². The Bertz CT molecular complexity index is 527. The lowest BCUT2D eigenvalue weighted by Gasteiger charge is -2.19. The summed E-state index contributed by atoms with van der Waals surface area (Å²) in [7, 11) is 0. The summed E-state index contributed by atoms with van der Waals surface area (Å²) in [5.41, 5.74) is 1.21. The average Bonchev–Trinajstić information content (AvgIpc) is 2.32. The Kier molecular flexibility index (Phi) is 3.67. The largest absolute Gasteiger partial charge is 0.507 e. The van der Waals surface area contributed by atoms with Gasteiger partial charge in [0.1, 0.15) is 5.75 Å². The van der Waals surface area contributed by atoms with Crippen molar-refractivity contribution in [2.24, 2.45) is 0 Å². The first-order valence-electron chi connectivity index (χ1n) is 6.03. The SMILES string of the molecule is CC(C)(C)c1ccc(Sc2ccccc2)c(O)c1. The van der Waals surface area contributed by atoms with Gasteiger partial charge in [0, 0.05) is 4.90 Å². The third-order valence-corrected chi connectivity index (χ3v) is 3.87. The molecule has 2 aromatic rings. The molecular formula is C16H18OS. The van der Waals surface area contributed by atoms with Crippen molar-refractivity contribution in [1.29, 1.82) is 0 Å². The molecule has 1 N–H and O–H groups in total. The van der Waals surface area contributed by atoms with Crippen molar-refractivity contribution in [2.75, 3.05) is 0 Å². The monoisotopic (exact) mass is 258 g/mol. The number of phenolic OH excluding ortho intramolecular Hbond substituents is 1. The number of hydrogen-bond acceptors (Lipinski definition) is 2. The van der Waals surface area contributed by atoms with Crippen LogP contribution in [0.15, 0.2) is 58.3 Å². The highest BCUT2D eigenvalue weighted by atomic mass is 32.2. The molecule has 1 nitrogen and oxygen atoms in total. The lowest BCUT2D eigenvalue weighted by atomic mass is 9.87. The second kappa shape index (κ2) is 5.07. The highest BCUT2D eigenvalue weighted by molar-refractivity contribution is 7.99. The molecule has 2 aromatic carbocycles. The van der Waals surface area contributed by atoms with E-state index in [-0.39, 0.29) is 5.41 Å². The maximum Gasteiger partial charge on any atom is 0.129 e. The van der Waals surface area contributed by atoms with E-state index in [0.717, 1.165) is 15.4 Å². The molecule has 0 amide bonds. The number of hydrogen-bond donors (Lipinski definition) is 1. The third kappa shape index (κ3) is 3.08.